The first kappa shape index (κ1) is 24.1. The summed E-state index contributed by atoms with van der Waals surface area (Å²) in [6.45, 7) is 9.39. The molecule has 166 valence electrons. The van der Waals surface area contributed by atoms with Crippen LogP contribution in [0.1, 0.15) is 63.5 Å². The number of carbonyl (C=O) groups is 2. The minimum Gasteiger partial charge on any atom is -0.457 e. The third kappa shape index (κ3) is 5.30. The molecule has 0 bridgehead atoms. The quantitative estimate of drug-likeness (QED) is 0.486. The molecule has 0 aliphatic rings. The van der Waals surface area contributed by atoms with Gasteiger partial charge >= 0.3 is 5.97 Å². The molecule has 2 aromatic heterocycles. The van der Waals surface area contributed by atoms with E-state index in [4.69, 9.17) is 14.7 Å². The molecule has 8 heteroatoms. The maximum absolute atomic E-state index is 12.6. The summed E-state index contributed by atoms with van der Waals surface area (Å²) in [5.74, 6) is -0.779. The minimum atomic E-state index is -0.515. The standard InChI is InChI=1S/C23H29N3O5/c1-13-9-19(17(5)26(13)14(2)11-30-6)21(27)12-31-22(28)8-7-18-15(3)20(10-24)23(29)25-16(18)4/h9,14H,7-8,11-12H2,1-6H3,(H,25,29)/t14-/m1/s1. The minimum absolute atomic E-state index is 0.0375. The molecule has 0 radical (unpaired) electrons. The molecule has 0 unspecified atom stereocenters. The van der Waals surface area contributed by atoms with Crippen LogP contribution >= 0.6 is 0 Å². The zero-order valence-electron chi connectivity index (χ0n) is 18.9. The summed E-state index contributed by atoms with van der Waals surface area (Å²) >= 11 is 0. The summed E-state index contributed by atoms with van der Waals surface area (Å²) in [5, 5.41) is 9.15. The van der Waals surface area contributed by atoms with Crippen molar-refractivity contribution in [3.63, 3.8) is 0 Å². The Morgan fingerprint density at radius 2 is 1.94 bits per heavy atom. The van der Waals surface area contributed by atoms with Crippen molar-refractivity contribution in [2.45, 2.75) is 53.5 Å². The Labute approximate surface area is 181 Å². The van der Waals surface area contributed by atoms with Crippen LogP contribution < -0.4 is 5.56 Å². The first-order valence-electron chi connectivity index (χ1n) is 10.1. The molecule has 0 amide bonds. The van der Waals surface area contributed by atoms with Crippen molar-refractivity contribution < 1.29 is 19.1 Å². The van der Waals surface area contributed by atoms with Crippen LogP contribution in [0.2, 0.25) is 0 Å². The maximum Gasteiger partial charge on any atom is 0.306 e. The van der Waals surface area contributed by atoms with E-state index in [1.54, 1.807) is 27.0 Å². The van der Waals surface area contributed by atoms with Gasteiger partial charge in [0.25, 0.3) is 5.56 Å². The number of nitrogens with zero attached hydrogens (tertiary/aromatic N) is 2. The normalized spacial score (nSPS) is 11.8. The van der Waals surface area contributed by atoms with Crippen molar-refractivity contribution in [2.24, 2.45) is 0 Å². The number of aryl methyl sites for hydroxylation is 2. The number of hydrogen-bond acceptors (Lipinski definition) is 6. The van der Waals surface area contributed by atoms with Crippen LogP contribution in [-0.4, -0.2) is 41.6 Å². The van der Waals surface area contributed by atoms with Crippen LogP contribution in [0.25, 0.3) is 0 Å². The highest BCUT2D eigenvalue weighted by Crippen LogP contribution is 2.21. The van der Waals surface area contributed by atoms with Gasteiger partial charge in [-0.3, -0.25) is 14.4 Å². The predicted octanol–water partition coefficient (Wildman–Crippen LogP) is 2.85. The SMILES string of the molecule is COC[C@@H](C)n1c(C)cc(C(=O)COC(=O)CCc2c(C)[nH]c(=O)c(C#N)c2C)c1C. The van der Waals surface area contributed by atoms with E-state index in [9.17, 15) is 14.4 Å². The molecule has 31 heavy (non-hydrogen) atoms. The number of rotatable bonds is 9. The van der Waals surface area contributed by atoms with Gasteiger partial charge in [-0.05, 0) is 58.2 Å². The number of ether oxygens (including phenoxy) is 2. The summed E-state index contributed by atoms with van der Waals surface area (Å²) in [6, 6.07) is 3.77. The molecule has 2 aromatic rings. The molecule has 1 N–H and O–H groups in total. The second-order valence-electron chi connectivity index (χ2n) is 7.71. The van der Waals surface area contributed by atoms with Gasteiger partial charge in [0.15, 0.2) is 6.61 Å². The summed E-state index contributed by atoms with van der Waals surface area (Å²) in [5.41, 5.74) is 3.79. The fraction of sp³-hybridized carbons (Fsp3) is 0.478. The monoisotopic (exact) mass is 427 g/mol. The smallest absolute Gasteiger partial charge is 0.306 e. The lowest BCUT2D eigenvalue weighted by Gasteiger charge is -2.17. The number of pyridine rings is 1. The van der Waals surface area contributed by atoms with E-state index in [-0.39, 0.29) is 30.4 Å². The van der Waals surface area contributed by atoms with E-state index < -0.39 is 11.5 Å². The molecule has 0 saturated carbocycles. The van der Waals surface area contributed by atoms with Crippen LogP contribution in [0.4, 0.5) is 0 Å². The van der Waals surface area contributed by atoms with Crippen LogP contribution in [0.3, 0.4) is 0 Å². The van der Waals surface area contributed by atoms with E-state index in [1.165, 1.54) is 0 Å². The third-order valence-electron chi connectivity index (χ3n) is 5.50. The van der Waals surface area contributed by atoms with Crippen molar-refractivity contribution in [1.82, 2.24) is 9.55 Å². The third-order valence-corrected chi connectivity index (χ3v) is 5.50. The molecule has 0 aliphatic heterocycles. The zero-order valence-corrected chi connectivity index (χ0v) is 18.9. The van der Waals surface area contributed by atoms with Crippen LogP contribution in [0, 0.1) is 39.0 Å². The van der Waals surface area contributed by atoms with Gasteiger partial charge < -0.3 is 19.0 Å². The maximum atomic E-state index is 12.6. The fourth-order valence-corrected chi connectivity index (χ4v) is 4.00. The number of carbonyl (C=O) groups excluding carboxylic acids is 2. The number of aromatic nitrogens is 2. The summed E-state index contributed by atoms with van der Waals surface area (Å²) in [6.07, 6.45) is 0.342. The molecule has 0 saturated heterocycles. The van der Waals surface area contributed by atoms with Crippen LogP contribution in [0.15, 0.2) is 10.9 Å². The lowest BCUT2D eigenvalue weighted by Crippen LogP contribution is -2.19. The van der Waals surface area contributed by atoms with Gasteiger partial charge in [0.05, 0.1) is 12.6 Å². The highest BCUT2D eigenvalue weighted by atomic mass is 16.5. The average Bonchev–Trinajstić information content (AvgIpc) is 3.00. The first-order valence-corrected chi connectivity index (χ1v) is 10.1. The highest BCUT2D eigenvalue weighted by molar-refractivity contribution is 5.99. The van der Waals surface area contributed by atoms with Gasteiger partial charge in [-0.15, -0.1) is 0 Å². The molecule has 0 spiro atoms. The van der Waals surface area contributed by atoms with E-state index in [0.29, 0.717) is 29.8 Å². The molecule has 8 nitrogen and oxygen atoms in total. The van der Waals surface area contributed by atoms with Crippen molar-refractivity contribution >= 4 is 11.8 Å². The topological polar surface area (TPSA) is 114 Å². The number of hydrogen-bond donors (Lipinski definition) is 1. The fourth-order valence-electron chi connectivity index (χ4n) is 4.00. The Balaban J connectivity index is 2.02. The van der Waals surface area contributed by atoms with Gasteiger partial charge in [-0.2, -0.15) is 5.26 Å². The second kappa shape index (κ2) is 10.2. The first-order chi connectivity index (χ1) is 14.6. The average molecular weight is 428 g/mol. The van der Waals surface area contributed by atoms with E-state index >= 15 is 0 Å². The Kier molecular flexibility index (Phi) is 7.95. The zero-order chi connectivity index (χ0) is 23.3. The predicted molar refractivity (Wildman–Crippen MR) is 115 cm³/mol. The number of esters is 1. The molecular weight excluding hydrogens is 398 g/mol. The van der Waals surface area contributed by atoms with Gasteiger partial charge in [-0.1, -0.05) is 0 Å². The number of nitrogens with one attached hydrogen (secondary N) is 1. The molecule has 1 atom stereocenters. The Bertz CT molecular complexity index is 1090. The van der Waals surface area contributed by atoms with Gasteiger partial charge in [0, 0.05) is 36.2 Å². The van der Waals surface area contributed by atoms with Gasteiger partial charge in [0.2, 0.25) is 5.78 Å². The second-order valence-corrected chi connectivity index (χ2v) is 7.71. The molecule has 0 aliphatic carbocycles. The molecule has 2 rings (SSSR count). The molecule has 2 heterocycles. The number of nitriles is 1. The molecule has 0 aromatic carbocycles. The summed E-state index contributed by atoms with van der Waals surface area (Å²) < 4.78 is 12.4. The Hall–Kier alpha value is -3.18. The number of ketones is 1. The lowest BCUT2D eigenvalue weighted by atomic mass is 9.99. The van der Waals surface area contributed by atoms with Crippen molar-refractivity contribution in [3.8, 4) is 6.07 Å². The van der Waals surface area contributed by atoms with Crippen LogP contribution in [-0.2, 0) is 20.7 Å². The van der Waals surface area contributed by atoms with Crippen molar-refractivity contribution in [2.75, 3.05) is 20.3 Å². The highest BCUT2D eigenvalue weighted by Gasteiger charge is 2.20. The largest absolute Gasteiger partial charge is 0.457 e. The number of methoxy groups -OCH3 is 1. The van der Waals surface area contributed by atoms with E-state index in [0.717, 1.165) is 17.0 Å². The summed E-state index contributed by atoms with van der Waals surface area (Å²) in [4.78, 5) is 39.3. The van der Waals surface area contributed by atoms with Crippen LogP contribution in [0.5, 0.6) is 0 Å². The number of aromatic amines is 1. The van der Waals surface area contributed by atoms with Gasteiger partial charge in [0.1, 0.15) is 11.6 Å². The van der Waals surface area contributed by atoms with Crippen molar-refractivity contribution in [1.29, 1.82) is 5.26 Å². The van der Waals surface area contributed by atoms with Crippen molar-refractivity contribution in [3.05, 3.63) is 55.8 Å². The number of H-pyrrole nitrogens is 1. The lowest BCUT2D eigenvalue weighted by molar-refractivity contribution is -0.142. The Morgan fingerprint density at radius 3 is 2.55 bits per heavy atom. The summed E-state index contributed by atoms with van der Waals surface area (Å²) in [7, 11) is 1.63. The Morgan fingerprint density at radius 1 is 1.26 bits per heavy atom. The number of Topliss-reactive ketones (excluding diaryl/α,β-unsaturated/α-hetero) is 1. The van der Waals surface area contributed by atoms with E-state index in [1.807, 2.05) is 31.4 Å². The molecular formula is C23H29N3O5. The molecule has 0 fully saturated rings. The van der Waals surface area contributed by atoms with Gasteiger partial charge in [-0.25, -0.2) is 0 Å². The van der Waals surface area contributed by atoms with E-state index in [2.05, 4.69) is 4.98 Å².